The number of benzene rings is 2. The molecule has 0 aliphatic carbocycles. The minimum absolute atomic E-state index is 0.0169. The van der Waals surface area contributed by atoms with Crippen molar-refractivity contribution >= 4 is 17.3 Å². The predicted molar refractivity (Wildman–Crippen MR) is 82.2 cm³/mol. The molecule has 1 nitrogen and oxygen atoms in total. The van der Waals surface area contributed by atoms with Gasteiger partial charge in [0, 0.05) is 11.1 Å². The van der Waals surface area contributed by atoms with Crippen LogP contribution in [0.5, 0.6) is 0 Å². The molecule has 2 aromatic carbocycles. The molecular formula is C17H16ClN. The van der Waals surface area contributed by atoms with Gasteiger partial charge < -0.3 is 5.73 Å². The van der Waals surface area contributed by atoms with Gasteiger partial charge in [-0.05, 0) is 47.7 Å². The molecule has 1 unspecified atom stereocenters. The maximum absolute atomic E-state index is 6.00. The summed E-state index contributed by atoms with van der Waals surface area (Å²) in [4.78, 5) is 0. The summed E-state index contributed by atoms with van der Waals surface area (Å²) in [6.45, 7) is 4.03. The molecule has 0 bridgehead atoms. The van der Waals surface area contributed by atoms with Crippen LogP contribution in [-0.2, 0) is 0 Å². The molecular weight excluding hydrogens is 254 g/mol. The molecule has 0 aromatic heterocycles. The van der Waals surface area contributed by atoms with Gasteiger partial charge in [0.25, 0.3) is 0 Å². The molecule has 0 fully saturated rings. The van der Waals surface area contributed by atoms with Gasteiger partial charge >= 0.3 is 0 Å². The Kier molecular flexibility index (Phi) is 4.14. The Morgan fingerprint density at radius 2 is 1.58 bits per heavy atom. The van der Waals surface area contributed by atoms with Crippen molar-refractivity contribution in [1.29, 1.82) is 0 Å². The van der Waals surface area contributed by atoms with Crippen molar-refractivity contribution in [2.75, 3.05) is 5.73 Å². The van der Waals surface area contributed by atoms with Gasteiger partial charge in [-0.3, -0.25) is 0 Å². The lowest BCUT2D eigenvalue weighted by molar-refractivity contribution is 1.05. The van der Waals surface area contributed by atoms with E-state index in [-0.39, 0.29) is 5.92 Å². The highest BCUT2D eigenvalue weighted by Crippen LogP contribution is 2.28. The van der Waals surface area contributed by atoms with Crippen LogP contribution >= 0.6 is 11.6 Å². The first kappa shape index (κ1) is 13.5. The van der Waals surface area contributed by atoms with Crippen molar-refractivity contribution in [3.8, 4) is 11.3 Å². The Labute approximate surface area is 119 Å². The van der Waals surface area contributed by atoms with E-state index in [1.54, 1.807) is 0 Å². The average Bonchev–Trinajstić information content (AvgIpc) is 2.42. The lowest BCUT2D eigenvalue weighted by atomic mass is 9.89. The highest BCUT2D eigenvalue weighted by molar-refractivity contribution is 6.30. The molecule has 2 N–H and O–H groups in total. The Hall–Kier alpha value is -1.91. The van der Waals surface area contributed by atoms with E-state index in [1.807, 2.05) is 32.0 Å². The average molecular weight is 270 g/mol. The Morgan fingerprint density at radius 3 is 2.11 bits per heavy atom. The molecule has 19 heavy (non-hydrogen) atoms. The third-order valence-electron chi connectivity index (χ3n) is 3.28. The highest BCUT2D eigenvalue weighted by atomic mass is 35.5. The van der Waals surface area contributed by atoms with E-state index < -0.39 is 0 Å². The molecule has 0 saturated carbocycles. The zero-order chi connectivity index (χ0) is 13.8. The number of hydrogen-bond acceptors (Lipinski definition) is 1. The SMILES string of the molecule is Cc1cc(C(C#CCl)c2ccccc2)cc(C)c1N. The number of anilines is 1. The number of nitrogens with two attached hydrogens (primary N) is 1. The van der Waals surface area contributed by atoms with E-state index in [1.165, 1.54) is 0 Å². The summed E-state index contributed by atoms with van der Waals surface area (Å²) in [5.41, 5.74) is 11.3. The van der Waals surface area contributed by atoms with Crippen molar-refractivity contribution < 1.29 is 0 Å². The summed E-state index contributed by atoms with van der Waals surface area (Å²) in [7, 11) is 0. The predicted octanol–water partition coefficient (Wildman–Crippen LogP) is 4.22. The summed E-state index contributed by atoms with van der Waals surface area (Å²) in [5.74, 6) is 3.05. The van der Waals surface area contributed by atoms with Crippen LogP contribution in [0, 0.1) is 25.1 Å². The van der Waals surface area contributed by atoms with Gasteiger partial charge in [-0.15, -0.1) is 0 Å². The Morgan fingerprint density at radius 1 is 1.00 bits per heavy atom. The molecule has 0 heterocycles. The minimum Gasteiger partial charge on any atom is -0.398 e. The molecule has 0 spiro atoms. The second-order valence-corrected chi connectivity index (χ2v) is 4.84. The standard InChI is InChI=1S/C17H16ClN/c1-12-10-15(11-13(2)17(12)19)16(8-9-18)14-6-4-3-5-7-14/h3-7,10-11,16H,19H2,1-2H3. The maximum atomic E-state index is 6.00. The molecule has 2 rings (SSSR count). The summed E-state index contributed by atoms with van der Waals surface area (Å²) in [6, 6.07) is 14.3. The molecule has 2 heteroatoms. The zero-order valence-corrected chi connectivity index (χ0v) is 11.8. The quantitative estimate of drug-likeness (QED) is 0.641. The normalized spacial score (nSPS) is 11.5. The lowest BCUT2D eigenvalue weighted by Crippen LogP contribution is -2.02. The number of aryl methyl sites for hydroxylation is 2. The Balaban J connectivity index is 2.54. The van der Waals surface area contributed by atoms with Crippen LogP contribution < -0.4 is 5.73 Å². The van der Waals surface area contributed by atoms with Crippen LogP contribution in [-0.4, -0.2) is 0 Å². The molecule has 0 amide bonds. The maximum Gasteiger partial charge on any atom is 0.0714 e. The minimum atomic E-state index is -0.0169. The van der Waals surface area contributed by atoms with E-state index in [0.717, 1.165) is 27.9 Å². The fourth-order valence-electron chi connectivity index (χ4n) is 2.23. The van der Waals surface area contributed by atoms with Crippen LogP contribution in [0.25, 0.3) is 0 Å². The van der Waals surface area contributed by atoms with Crippen molar-refractivity contribution in [1.82, 2.24) is 0 Å². The highest BCUT2D eigenvalue weighted by Gasteiger charge is 2.13. The van der Waals surface area contributed by atoms with Gasteiger partial charge in [-0.25, -0.2) is 0 Å². The molecule has 0 aliphatic heterocycles. The van der Waals surface area contributed by atoms with Crippen molar-refractivity contribution in [3.05, 3.63) is 64.7 Å². The Bertz CT molecular complexity index is 612. The molecule has 1 atom stereocenters. The molecule has 2 aromatic rings. The molecule has 0 saturated heterocycles. The topological polar surface area (TPSA) is 26.0 Å². The fraction of sp³-hybridized carbons (Fsp3) is 0.176. The molecule has 0 aliphatic rings. The molecule has 96 valence electrons. The summed E-state index contributed by atoms with van der Waals surface area (Å²) in [6.07, 6.45) is 0. The largest absolute Gasteiger partial charge is 0.398 e. The number of nitrogen functional groups attached to an aromatic ring is 1. The summed E-state index contributed by atoms with van der Waals surface area (Å²) < 4.78 is 0. The third kappa shape index (κ3) is 2.92. The van der Waals surface area contributed by atoms with Crippen molar-refractivity contribution in [2.24, 2.45) is 0 Å². The second kappa shape index (κ2) is 5.82. The van der Waals surface area contributed by atoms with Crippen LogP contribution in [0.15, 0.2) is 42.5 Å². The van der Waals surface area contributed by atoms with E-state index in [0.29, 0.717) is 0 Å². The van der Waals surface area contributed by atoms with E-state index in [9.17, 15) is 0 Å². The monoisotopic (exact) mass is 269 g/mol. The van der Waals surface area contributed by atoms with Gasteiger partial charge in [0.15, 0.2) is 0 Å². The summed E-state index contributed by atoms with van der Waals surface area (Å²) >= 11 is 5.62. The van der Waals surface area contributed by atoms with Crippen LogP contribution in [0.4, 0.5) is 5.69 Å². The van der Waals surface area contributed by atoms with Crippen LogP contribution in [0.1, 0.15) is 28.2 Å². The third-order valence-corrected chi connectivity index (χ3v) is 3.39. The first-order valence-electron chi connectivity index (χ1n) is 6.16. The van der Waals surface area contributed by atoms with E-state index in [2.05, 4.69) is 35.6 Å². The van der Waals surface area contributed by atoms with Crippen molar-refractivity contribution in [3.63, 3.8) is 0 Å². The summed E-state index contributed by atoms with van der Waals surface area (Å²) in [5, 5.41) is 2.51. The van der Waals surface area contributed by atoms with Crippen LogP contribution in [0.3, 0.4) is 0 Å². The smallest absolute Gasteiger partial charge is 0.0714 e. The van der Waals surface area contributed by atoms with Gasteiger partial charge in [0.05, 0.1) is 5.92 Å². The van der Waals surface area contributed by atoms with Gasteiger partial charge in [-0.1, -0.05) is 48.4 Å². The lowest BCUT2D eigenvalue weighted by Gasteiger charge is -2.15. The van der Waals surface area contributed by atoms with Gasteiger partial charge in [0.1, 0.15) is 0 Å². The molecule has 0 radical (unpaired) electrons. The first-order valence-corrected chi connectivity index (χ1v) is 6.54. The van der Waals surface area contributed by atoms with Gasteiger partial charge in [0.2, 0.25) is 0 Å². The van der Waals surface area contributed by atoms with Crippen LogP contribution in [0.2, 0.25) is 0 Å². The second-order valence-electron chi connectivity index (χ2n) is 4.65. The fourth-order valence-corrected chi connectivity index (χ4v) is 2.34. The van der Waals surface area contributed by atoms with Gasteiger partial charge in [-0.2, -0.15) is 0 Å². The van der Waals surface area contributed by atoms with E-state index >= 15 is 0 Å². The number of rotatable bonds is 2. The number of halogens is 1. The zero-order valence-electron chi connectivity index (χ0n) is 11.1. The number of hydrogen-bond donors (Lipinski definition) is 1. The first-order chi connectivity index (χ1) is 9.13. The van der Waals surface area contributed by atoms with Crippen molar-refractivity contribution in [2.45, 2.75) is 19.8 Å². The van der Waals surface area contributed by atoms with E-state index in [4.69, 9.17) is 17.3 Å².